The number of rotatable bonds is 10. The van der Waals surface area contributed by atoms with Crippen molar-refractivity contribution in [2.45, 2.75) is 110 Å². The summed E-state index contributed by atoms with van der Waals surface area (Å²) in [5.41, 5.74) is 0. The van der Waals surface area contributed by atoms with Gasteiger partial charge in [-0.25, -0.2) is 0 Å². The largest absolute Gasteiger partial charge is 0.314 e. The fraction of sp³-hybridized carbons (Fsp3) is 1.00. The van der Waals surface area contributed by atoms with Gasteiger partial charge in [0, 0.05) is 6.04 Å². The molecule has 1 saturated carbocycles. The molecule has 1 N–H and O–H groups in total. The number of unbranched alkanes of at least 4 members (excludes halogenated alkanes) is 5. The number of hydrogen-bond acceptors (Lipinski definition) is 1. The highest BCUT2D eigenvalue weighted by Gasteiger charge is 2.20. The highest BCUT2D eigenvalue weighted by molar-refractivity contribution is 4.77. The van der Waals surface area contributed by atoms with Crippen molar-refractivity contribution in [3.63, 3.8) is 0 Å². The molecule has 0 aliphatic heterocycles. The second-order valence-corrected chi connectivity index (χ2v) is 6.83. The summed E-state index contributed by atoms with van der Waals surface area (Å²) in [6, 6.07) is 0.810. The first kappa shape index (κ1) is 18.0. The van der Waals surface area contributed by atoms with Gasteiger partial charge in [0.25, 0.3) is 0 Å². The smallest absolute Gasteiger partial charge is 0.00952 e. The van der Waals surface area contributed by atoms with Crippen LogP contribution in [0.15, 0.2) is 0 Å². The standard InChI is InChI=1S/C19H39N/c1-3-5-6-7-11-14-17-19(20-4-2)18-15-12-9-8-10-13-16-18/h18-20H,3-17H2,1-2H3. The first-order valence-electron chi connectivity index (χ1n) is 9.61. The summed E-state index contributed by atoms with van der Waals surface area (Å²) >= 11 is 0. The number of hydrogen-bond donors (Lipinski definition) is 1. The second-order valence-electron chi connectivity index (χ2n) is 6.83. The van der Waals surface area contributed by atoms with Crippen LogP contribution in [0.25, 0.3) is 0 Å². The Hall–Kier alpha value is -0.0400. The fourth-order valence-electron chi connectivity index (χ4n) is 3.80. The lowest BCUT2D eigenvalue weighted by Gasteiger charge is -2.29. The van der Waals surface area contributed by atoms with Crippen molar-refractivity contribution < 1.29 is 0 Å². The highest BCUT2D eigenvalue weighted by Crippen LogP contribution is 2.27. The van der Waals surface area contributed by atoms with Crippen LogP contribution in [0.2, 0.25) is 0 Å². The Morgan fingerprint density at radius 2 is 1.40 bits per heavy atom. The SMILES string of the molecule is CCCCCCCCC(NCC)C1CCCCCCC1. The van der Waals surface area contributed by atoms with Gasteiger partial charge >= 0.3 is 0 Å². The molecule has 120 valence electrons. The van der Waals surface area contributed by atoms with Crippen LogP contribution in [0.1, 0.15) is 104 Å². The van der Waals surface area contributed by atoms with Gasteiger partial charge in [-0.15, -0.1) is 0 Å². The van der Waals surface area contributed by atoms with Crippen LogP contribution in [0.3, 0.4) is 0 Å². The molecule has 0 spiro atoms. The monoisotopic (exact) mass is 281 g/mol. The average Bonchev–Trinajstić information content (AvgIpc) is 2.41. The van der Waals surface area contributed by atoms with Gasteiger partial charge in [-0.1, -0.05) is 84.5 Å². The molecule has 0 aromatic carbocycles. The van der Waals surface area contributed by atoms with Crippen molar-refractivity contribution in [1.82, 2.24) is 5.32 Å². The Morgan fingerprint density at radius 1 is 0.800 bits per heavy atom. The lowest BCUT2D eigenvalue weighted by Crippen LogP contribution is -2.36. The van der Waals surface area contributed by atoms with Crippen LogP contribution in [-0.4, -0.2) is 12.6 Å². The van der Waals surface area contributed by atoms with Crippen LogP contribution < -0.4 is 5.32 Å². The predicted molar refractivity (Wildman–Crippen MR) is 91.3 cm³/mol. The van der Waals surface area contributed by atoms with Gasteiger partial charge in [-0.3, -0.25) is 0 Å². The summed E-state index contributed by atoms with van der Waals surface area (Å²) in [4.78, 5) is 0. The third-order valence-electron chi connectivity index (χ3n) is 5.05. The maximum absolute atomic E-state index is 3.80. The Kier molecular flexibility index (Phi) is 11.4. The van der Waals surface area contributed by atoms with E-state index in [-0.39, 0.29) is 0 Å². The molecule has 1 nitrogen and oxygen atoms in total. The van der Waals surface area contributed by atoms with Crippen molar-refractivity contribution in [1.29, 1.82) is 0 Å². The Bertz CT molecular complexity index is 194. The summed E-state index contributed by atoms with van der Waals surface area (Å²) in [5.74, 6) is 0.964. The summed E-state index contributed by atoms with van der Waals surface area (Å²) in [6.45, 7) is 5.73. The lowest BCUT2D eigenvalue weighted by molar-refractivity contribution is 0.271. The molecule has 1 atom stereocenters. The van der Waals surface area contributed by atoms with Crippen LogP contribution in [-0.2, 0) is 0 Å². The molecule has 1 unspecified atom stereocenters. The van der Waals surface area contributed by atoms with Gasteiger partial charge in [0.15, 0.2) is 0 Å². The molecular weight excluding hydrogens is 242 g/mol. The molecule has 1 fully saturated rings. The van der Waals surface area contributed by atoms with E-state index >= 15 is 0 Å². The lowest BCUT2D eigenvalue weighted by atomic mass is 9.83. The summed E-state index contributed by atoms with van der Waals surface area (Å²) in [6.07, 6.45) is 20.4. The maximum Gasteiger partial charge on any atom is 0.00952 e. The van der Waals surface area contributed by atoms with E-state index < -0.39 is 0 Å². The van der Waals surface area contributed by atoms with E-state index in [0.717, 1.165) is 18.5 Å². The molecule has 0 aromatic rings. The fourth-order valence-corrected chi connectivity index (χ4v) is 3.80. The molecule has 0 radical (unpaired) electrons. The summed E-state index contributed by atoms with van der Waals surface area (Å²) in [5, 5.41) is 3.80. The van der Waals surface area contributed by atoms with E-state index in [4.69, 9.17) is 0 Å². The zero-order valence-corrected chi connectivity index (χ0v) is 14.3. The second kappa shape index (κ2) is 12.7. The first-order chi connectivity index (χ1) is 9.88. The van der Waals surface area contributed by atoms with E-state index in [1.807, 2.05) is 0 Å². The normalized spacial score (nSPS) is 19.5. The molecule has 1 aliphatic carbocycles. The van der Waals surface area contributed by atoms with E-state index in [9.17, 15) is 0 Å². The van der Waals surface area contributed by atoms with Crippen LogP contribution in [0, 0.1) is 5.92 Å². The molecule has 0 amide bonds. The summed E-state index contributed by atoms with van der Waals surface area (Å²) < 4.78 is 0. The minimum Gasteiger partial charge on any atom is -0.314 e. The molecule has 1 heteroatoms. The zero-order chi connectivity index (χ0) is 14.5. The first-order valence-corrected chi connectivity index (χ1v) is 9.61. The Labute approximate surface area is 128 Å². The van der Waals surface area contributed by atoms with E-state index in [2.05, 4.69) is 19.2 Å². The van der Waals surface area contributed by atoms with Gasteiger partial charge in [0.1, 0.15) is 0 Å². The summed E-state index contributed by atoms with van der Waals surface area (Å²) in [7, 11) is 0. The van der Waals surface area contributed by atoms with Crippen molar-refractivity contribution in [2.75, 3.05) is 6.54 Å². The van der Waals surface area contributed by atoms with Crippen LogP contribution in [0.4, 0.5) is 0 Å². The van der Waals surface area contributed by atoms with Gasteiger partial charge < -0.3 is 5.32 Å². The van der Waals surface area contributed by atoms with E-state index in [1.54, 1.807) is 0 Å². The topological polar surface area (TPSA) is 12.0 Å². The average molecular weight is 282 g/mol. The van der Waals surface area contributed by atoms with Gasteiger partial charge in [0.2, 0.25) is 0 Å². The molecule has 1 aliphatic rings. The third kappa shape index (κ3) is 8.29. The minimum atomic E-state index is 0.810. The molecule has 0 heterocycles. The highest BCUT2D eigenvalue weighted by atomic mass is 14.9. The third-order valence-corrected chi connectivity index (χ3v) is 5.05. The van der Waals surface area contributed by atoms with Crippen molar-refractivity contribution in [3.05, 3.63) is 0 Å². The van der Waals surface area contributed by atoms with Gasteiger partial charge in [-0.05, 0) is 31.7 Å². The Balaban J connectivity index is 2.22. The molecule has 0 aromatic heterocycles. The predicted octanol–water partition coefficient (Wildman–Crippen LogP) is 6.08. The molecule has 1 rings (SSSR count). The van der Waals surface area contributed by atoms with Crippen LogP contribution in [0.5, 0.6) is 0 Å². The van der Waals surface area contributed by atoms with E-state index in [0.29, 0.717) is 0 Å². The van der Waals surface area contributed by atoms with E-state index in [1.165, 1.54) is 89.9 Å². The molecule has 20 heavy (non-hydrogen) atoms. The van der Waals surface area contributed by atoms with Crippen LogP contribution >= 0.6 is 0 Å². The van der Waals surface area contributed by atoms with Gasteiger partial charge in [-0.2, -0.15) is 0 Å². The molecule has 0 saturated heterocycles. The Morgan fingerprint density at radius 3 is 2.05 bits per heavy atom. The number of nitrogens with one attached hydrogen (secondary N) is 1. The van der Waals surface area contributed by atoms with Crippen molar-refractivity contribution >= 4 is 0 Å². The van der Waals surface area contributed by atoms with Crippen molar-refractivity contribution in [2.24, 2.45) is 5.92 Å². The minimum absolute atomic E-state index is 0.810. The zero-order valence-electron chi connectivity index (χ0n) is 14.3. The van der Waals surface area contributed by atoms with Crippen molar-refractivity contribution in [3.8, 4) is 0 Å². The van der Waals surface area contributed by atoms with Gasteiger partial charge in [0.05, 0.1) is 0 Å². The quantitative estimate of drug-likeness (QED) is 0.479. The molecular formula is C19H39N. The maximum atomic E-state index is 3.80. The molecule has 0 bridgehead atoms.